The Morgan fingerprint density at radius 1 is 1.15 bits per heavy atom. The van der Waals surface area contributed by atoms with Crippen molar-refractivity contribution in [2.45, 2.75) is 57.9 Å². The van der Waals surface area contributed by atoms with E-state index in [1.54, 1.807) is 17.1 Å². The molecule has 2 heterocycles. The molecule has 1 aromatic carbocycles. The van der Waals surface area contributed by atoms with Crippen molar-refractivity contribution >= 4 is 16.8 Å². The molecule has 0 saturated heterocycles. The van der Waals surface area contributed by atoms with Gasteiger partial charge in [-0.05, 0) is 55.9 Å². The fourth-order valence-electron chi connectivity index (χ4n) is 4.52. The minimum absolute atomic E-state index is 0.111. The summed E-state index contributed by atoms with van der Waals surface area (Å²) >= 11 is 0. The molecule has 1 fully saturated rings. The van der Waals surface area contributed by atoms with E-state index in [0.717, 1.165) is 36.0 Å². The van der Waals surface area contributed by atoms with Crippen LogP contribution in [-0.4, -0.2) is 50.3 Å². The summed E-state index contributed by atoms with van der Waals surface area (Å²) in [5, 5.41) is 5.10. The van der Waals surface area contributed by atoms with Crippen molar-refractivity contribution in [1.82, 2.24) is 24.6 Å². The van der Waals surface area contributed by atoms with Crippen LogP contribution < -0.4 is 10.3 Å². The van der Waals surface area contributed by atoms with Crippen LogP contribution in [0.5, 0.6) is 5.75 Å². The molecule has 0 unspecified atom stereocenters. The van der Waals surface area contributed by atoms with Crippen molar-refractivity contribution in [3.8, 4) is 5.75 Å². The molecule has 176 valence electrons. The molecule has 0 aliphatic heterocycles. The molecule has 1 amide bonds. The lowest BCUT2D eigenvalue weighted by Gasteiger charge is -2.30. The second-order valence-corrected chi connectivity index (χ2v) is 8.88. The average molecular weight is 452 g/mol. The van der Waals surface area contributed by atoms with Gasteiger partial charge in [-0.2, -0.15) is 5.10 Å². The number of amides is 1. The number of nitrogens with zero attached hydrogens (tertiary/aromatic N) is 4. The molecule has 0 radical (unpaired) electrons. The van der Waals surface area contributed by atoms with Gasteiger partial charge in [0.05, 0.1) is 13.2 Å². The van der Waals surface area contributed by atoms with Gasteiger partial charge in [-0.3, -0.25) is 14.3 Å². The largest absolute Gasteiger partial charge is 0.494 e. The normalized spacial score (nSPS) is 14.4. The monoisotopic (exact) mass is 451 g/mol. The van der Waals surface area contributed by atoms with Crippen LogP contribution in [0.4, 0.5) is 0 Å². The van der Waals surface area contributed by atoms with Crippen LogP contribution in [0.1, 0.15) is 51.4 Å². The number of rotatable bonds is 11. The van der Waals surface area contributed by atoms with Crippen LogP contribution in [0.2, 0.25) is 0 Å². The highest BCUT2D eigenvalue weighted by Gasteiger charge is 2.20. The lowest BCUT2D eigenvalue weighted by Crippen LogP contribution is -2.38. The molecule has 0 atom stereocenters. The first-order valence-electron chi connectivity index (χ1n) is 12.0. The third-order valence-electron chi connectivity index (χ3n) is 6.37. The molecule has 8 nitrogen and oxygen atoms in total. The molecular formula is C25H33N5O3. The minimum Gasteiger partial charge on any atom is -0.494 e. The molecule has 1 aliphatic carbocycles. The van der Waals surface area contributed by atoms with E-state index in [9.17, 15) is 9.59 Å². The molecule has 1 saturated carbocycles. The van der Waals surface area contributed by atoms with Crippen LogP contribution in [-0.2, 0) is 11.3 Å². The van der Waals surface area contributed by atoms with Gasteiger partial charge in [-0.15, -0.1) is 0 Å². The highest BCUT2D eigenvalue weighted by molar-refractivity contribution is 5.79. The number of benzene rings is 1. The maximum Gasteiger partial charge on any atom is 0.248 e. The number of aromatic nitrogens is 4. The number of fused-ring (bicyclic) bond motifs is 1. The fraction of sp³-hybridized carbons (Fsp3) is 0.520. The first-order valence-corrected chi connectivity index (χ1v) is 12.0. The van der Waals surface area contributed by atoms with Crippen molar-refractivity contribution in [2.75, 3.05) is 19.7 Å². The molecule has 1 aliphatic rings. The smallest absolute Gasteiger partial charge is 0.248 e. The minimum atomic E-state index is -0.111. The zero-order chi connectivity index (χ0) is 22.9. The Bertz CT molecular complexity index is 1070. The number of nitrogens with one attached hydrogen (secondary N) is 1. The lowest BCUT2D eigenvalue weighted by molar-refractivity contribution is -0.132. The number of unbranched alkanes of at least 4 members (excludes halogenated alkanes) is 1. The molecule has 0 spiro atoms. The summed E-state index contributed by atoms with van der Waals surface area (Å²) in [6, 6.07) is 8.94. The van der Waals surface area contributed by atoms with Crippen LogP contribution in [0.3, 0.4) is 0 Å². The van der Waals surface area contributed by atoms with Crippen LogP contribution in [0.25, 0.3) is 10.9 Å². The van der Waals surface area contributed by atoms with E-state index in [0.29, 0.717) is 32.0 Å². The van der Waals surface area contributed by atoms with E-state index in [1.165, 1.54) is 44.5 Å². The first-order chi connectivity index (χ1) is 16.2. The number of pyridine rings is 1. The van der Waals surface area contributed by atoms with E-state index in [-0.39, 0.29) is 11.5 Å². The molecule has 2 aromatic heterocycles. The third-order valence-corrected chi connectivity index (χ3v) is 6.37. The average Bonchev–Trinajstić information content (AvgIpc) is 3.36. The van der Waals surface area contributed by atoms with Crippen molar-refractivity contribution < 1.29 is 9.53 Å². The van der Waals surface area contributed by atoms with Gasteiger partial charge in [0.25, 0.3) is 0 Å². The number of carbonyl (C=O) groups excluding carboxylic acids is 1. The summed E-state index contributed by atoms with van der Waals surface area (Å²) in [5.41, 5.74) is 0.684. The van der Waals surface area contributed by atoms with Gasteiger partial charge < -0.3 is 14.6 Å². The van der Waals surface area contributed by atoms with Crippen molar-refractivity contribution in [1.29, 1.82) is 0 Å². The Morgan fingerprint density at radius 2 is 2.03 bits per heavy atom. The van der Waals surface area contributed by atoms with Gasteiger partial charge in [-0.25, -0.2) is 4.98 Å². The number of carbonyl (C=O) groups is 1. The molecule has 3 aromatic rings. The van der Waals surface area contributed by atoms with E-state index in [1.807, 2.05) is 23.1 Å². The maximum absolute atomic E-state index is 13.0. The summed E-state index contributed by atoms with van der Waals surface area (Å²) in [6.07, 6.45) is 11.7. The second-order valence-electron chi connectivity index (χ2n) is 8.88. The van der Waals surface area contributed by atoms with Gasteiger partial charge in [0.2, 0.25) is 11.5 Å². The number of hydrogen-bond donors (Lipinski definition) is 1. The van der Waals surface area contributed by atoms with Crippen molar-refractivity contribution in [3.05, 3.63) is 53.3 Å². The number of ether oxygens (including phenoxy) is 1. The molecule has 8 heteroatoms. The molecular weight excluding hydrogens is 418 g/mol. The predicted octanol–water partition coefficient (Wildman–Crippen LogP) is 3.78. The van der Waals surface area contributed by atoms with E-state index in [4.69, 9.17) is 4.74 Å². The Hall–Kier alpha value is -3.16. The Morgan fingerprint density at radius 3 is 2.85 bits per heavy atom. The van der Waals surface area contributed by atoms with E-state index < -0.39 is 0 Å². The quantitative estimate of drug-likeness (QED) is 0.448. The number of hydrogen-bond acceptors (Lipinski definition) is 5. The number of H-pyrrole nitrogens is 1. The number of aromatic amines is 1. The summed E-state index contributed by atoms with van der Waals surface area (Å²) in [7, 11) is 0. The van der Waals surface area contributed by atoms with Gasteiger partial charge in [0, 0.05) is 36.5 Å². The second kappa shape index (κ2) is 11.6. The van der Waals surface area contributed by atoms with Gasteiger partial charge in [-0.1, -0.05) is 19.3 Å². The zero-order valence-corrected chi connectivity index (χ0v) is 19.1. The Kier molecular flexibility index (Phi) is 8.11. The van der Waals surface area contributed by atoms with Crippen LogP contribution >= 0.6 is 0 Å². The fourth-order valence-corrected chi connectivity index (χ4v) is 4.52. The van der Waals surface area contributed by atoms with Crippen molar-refractivity contribution in [2.24, 2.45) is 5.92 Å². The Balaban J connectivity index is 1.23. The lowest BCUT2D eigenvalue weighted by atomic mass is 9.89. The SMILES string of the molecule is O=C(CCCCOc1ccc2[nH]c(=O)ccc2c1)N(CCn1cncn1)CC1CCCCC1. The van der Waals surface area contributed by atoms with Gasteiger partial charge in [0.1, 0.15) is 18.4 Å². The molecule has 33 heavy (non-hydrogen) atoms. The topological polar surface area (TPSA) is 93.1 Å². The summed E-state index contributed by atoms with van der Waals surface area (Å²) < 4.78 is 7.66. The Labute approximate surface area is 194 Å². The van der Waals surface area contributed by atoms with Crippen molar-refractivity contribution in [3.63, 3.8) is 0 Å². The molecule has 1 N–H and O–H groups in total. The summed E-state index contributed by atoms with van der Waals surface area (Å²) in [4.78, 5) is 33.2. The zero-order valence-electron chi connectivity index (χ0n) is 19.1. The van der Waals surface area contributed by atoms with Gasteiger partial charge >= 0.3 is 0 Å². The predicted molar refractivity (Wildman–Crippen MR) is 127 cm³/mol. The van der Waals surface area contributed by atoms with E-state index in [2.05, 4.69) is 15.1 Å². The van der Waals surface area contributed by atoms with Crippen LogP contribution in [0, 0.1) is 5.92 Å². The highest BCUT2D eigenvalue weighted by Crippen LogP contribution is 2.25. The van der Waals surface area contributed by atoms with E-state index >= 15 is 0 Å². The third kappa shape index (κ3) is 6.91. The standard InChI is InChI=1S/C25H33N5O3/c31-24-12-9-21-16-22(10-11-23(21)28-24)33-15-5-4-8-25(32)29(13-14-30-19-26-18-27-30)17-20-6-2-1-3-7-20/h9-12,16,18-20H,1-8,13-15,17H2,(H,28,31). The molecule has 0 bridgehead atoms. The van der Waals surface area contributed by atoms with Crippen LogP contribution in [0.15, 0.2) is 47.8 Å². The first kappa shape index (κ1) is 23.0. The molecule has 4 rings (SSSR count). The summed E-state index contributed by atoms with van der Waals surface area (Å²) in [5.74, 6) is 1.60. The highest BCUT2D eigenvalue weighted by atomic mass is 16.5. The van der Waals surface area contributed by atoms with Gasteiger partial charge in [0.15, 0.2) is 0 Å². The summed E-state index contributed by atoms with van der Waals surface area (Å²) in [6.45, 7) is 2.76. The maximum atomic E-state index is 13.0.